The molecule has 1 amide bonds. The van der Waals surface area contributed by atoms with E-state index < -0.39 is 0 Å². The van der Waals surface area contributed by atoms with Gasteiger partial charge in [0.25, 0.3) is 0 Å². The average Bonchev–Trinajstić information content (AvgIpc) is 3.17. The van der Waals surface area contributed by atoms with Crippen LogP contribution >= 0.6 is 0 Å². The minimum atomic E-state index is -0.166. The van der Waals surface area contributed by atoms with E-state index in [0.29, 0.717) is 19.5 Å². The minimum Gasteiger partial charge on any atom is -0.355 e. The Labute approximate surface area is 169 Å². The summed E-state index contributed by atoms with van der Waals surface area (Å²) < 4.78 is 5.44. The minimum absolute atomic E-state index is 0.0396. The Balaban J connectivity index is 1.28. The zero-order valence-electron chi connectivity index (χ0n) is 17.1. The molecule has 3 aromatic rings. The average molecular weight is 393 g/mol. The first-order chi connectivity index (χ1) is 14.0. The zero-order valence-corrected chi connectivity index (χ0v) is 17.1. The number of carbonyl (C=O) groups excluding carboxylic acids is 1. The van der Waals surface area contributed by atoms with Crippen molar-refractivity contribution in [3.05, 3.63) is 51.3 Å². The second-order valence-electron chi connectivity index (χ2n) is 8.34. The van der Waals surface area contributed by atoms with Crippen LogP contribution in [0.15, 0.2) is 23.0 Å². The highest BCUT2D eigenvalue weighted by Crippen LogP contribution is 2.32. The first kappa shape index (κ1) is 18.2. The molecule has 0 spiro atoms. The van der Waals surface area contributed by atoms with Gasteiger partial charge in [-0.15, -0.1) is 0 Å². The van der Waals surface area contributed by atoms with Crippen molar-refractivity contribution in [1.82, 2.24) is 24.2 Å². The summed E-state index contributed by atoms with van der Waals surface area (Å²) in [7, 11) is 1.66. The molecule has 0 aliphatic carbocycles. The highest BCUT2D eigenvalue weighted by molar-refractivity contribution is 5.89. The van der Waals surface area contributed by atoms with Gasteiger partial charge in [0.2, 0.25) is 5.91 Å². The topological polar surface area (TPSA) is 73.8 Å². The van der Waals surface area contributed by atoms with E-state index in [1.165, 1.54) is 38.8 Å². The molecule has 0 unspecified atom stereocenters. The van der Waals surface area contributed by atoms with Crippen molar-refractivity contribution in [1.29, 1.82) is 0 Å². The third-order valence-electron chi connectivity index (χ3n) is 6.63. The zero-order chi connectivity index (χ0) is 20.1. The van der Waals surface area contributed by atoms with Gasteiger partial charge in [0.15, 0.2) is 0 Å². The lowest BCUT2D eigenvalue weighted by Crippen LogP contribution is -2.39. The summed E-state index contributed by atoms with van der Waals surface area (Å²) in [5.41, 5.74) is 5.35. The van der Waals surface area contributed by atoms with Gasteiger partial charge in [-0.25, -0.2) is 9.48 Å². The summed E-state index contributed by atoms with van der Waals surface area (Å²) in [6, 6.07) is 6.60. The van der Waals surface area contributed by atoms with Gasteiger partial charge >= 0.3 is 5.69 Å². The molecule has 29 heavy (non-hydrogen) atoms. The van der Waals surface area contributed by atoms with E-state index >= 15 is 0 Å². The predicted octanol–water partition coefficient (Wildman–Crippen LogP) is 1.71. The molecule has 152 valence electrons. The van der Waals surface area contributed by atoms with Crippen molar-refractivity contribution in [2.24, 2.45) is 13.0 Å². The lowest BCUT2D eigenvalue weighted by molar-refractivity contribution is -0.125. The first-order valence-electron chi connectivity index (χ1n) is 10.5. The Hall–Kier alpha value is -2.83. The number of benzene rings is 1. The monoisotopic (exact) mass is 393 g/mol. The normalized spacial score (nSPS) is 18.1. The molecule has 1 aromatic carbocycles. The maximum Gasteiger partial charge on any atom is 0.345 e. The number of para-hydroxylation sites is 1. The number of nitrogens with zero attached hydrogens (tertiary/aromatic N) is 4. The molecule has 0 bridgehead atoms. The van der Waals surface area contributed by atoms with Crippen LogP contribution in [0.2, 0.25) is 0 Å². The van der Waals surface area contributed by atoms with Crippen molar-refractivity contribution >= 4 is 16.8 Å². The Morgan fingerprint density at radius 1 is 1.28 bits per heavy atom. The van der Waals surface area contributed by atoms with Crippen molar-refractivity contribution in [3.8, 4) is 0 Å². The Bertz CT molecular complexity index is 1170. The smallest absolute Gasteiger partial charge is 0.345 e. The van der Waals surface area contributed by atoms with E-state index in [1.807, 2.05) is 0 Å². The quantitative estimate of drug-likeness (QED) is 0.733. The number of hydrogen-bond acceptors (Lipinski definition) is 3. The molecule has 2 aliphatic rings. The van der Waals surface area contributed by atoms with E-state index in [-0.39, 0.29) is 17.5 Å². The van der Waals surface area contributed by atoms with Gasteiger partial charge in [0, 0.05) is 44.2 Å². The van der Waals surface area contributed by atoms with Crippen molar-refractivity contribution in [3.63, 3.8) is 0 Å². The standard InChI is InChI=1S/C22H27N5O2/c1-14-17(18-7-3-5-15-6-4-12-26(14)20(15)18)10-11-23-21(28)16-8-9-19-24-25(2)22(29)27(19)13-16/h3,5,7,16H,4,6,8-13H2,1-2H3,(H,23,28)/t16-/m0/s1. The molecule has 1 N–H and O–H groups in total. The van der Waals surface area contributed by atoms with E-state index in [0.717, 1.165) is 31.6 Å². The van der Waals surface area contributed by atoms with E-state index in [2.05, 4.69) is 40.1 Å². The van der Waals surface area contributed by atoms with Gasteiger partial charge in [0.1, 0.15) is 5.82 Å². The van der Waals surface area contributed by atoms with E-state index in [9.17, 15) is 9.59 Å². The Morgan fingerprint density at radius 2 is 2.14 bits per heavy atom. The maximum atomic E-state index is 12.7. The number of rotatable bonds is 4. The lowest BCUT2D eigenvalue weighted by Gasteiger charge is -2.21. The first-order valence-corrected chi connectivity index (χ1v) is 10.5. The van der Waals surface area contributed by atoms with Crippen LogP contribution in [0.25, 0.3) is 10.9 Å². The Morgan fingerprint density at radius 3 is 3.00 bits per heavy atom. The van der Waals surface area contributed by atoms with E-state index in [1.54, 1.807) is 11.6 Å². The number of fused-ring (bicyclic) bond motifs is 1. The fourth-order valence-corrected chi connectivity index (χ4v) is 5.11. The molecule has 0 fully saturated rings. The van der Waals surface area contributed by atoms with Crippen LogP contribution in [-0.2, 0) is 44.2 Å². The number of amides is 1. The molecular formula is C22H27N5O2. The Kier molecular flexibility index (Phi) is 4.33. The van der Waals surface area contributed by atoms with Crippen molar-refractivity contribution in [2.75, 3.05) is 6.54 Å². The van der Waals surface area contributed by atoms with Gasteiger partial charge in [-0.05, 0) is 43.7 Å². The summed E-state index contributed by atoms with van der Waals surface area (Å²) >= 11 is 0. The van der Waals surface area contributed by atoms with Crippen LogP contribution in [0, 0.1) is 12.8 Å². The molecule has 7 heteroatoms. The van der Waals surface area contributed by atoms with Crippen LogP contribution in [0.5, 0.6) is 0 Å². The fraction of sp³-hybridized carbons (Fsp3) is 0.500. The van der Waals surface area contributed by atoms with Crippen LogP contribution in [0.4, 0.5) is 0 Å². The number of hydrogen-bond donors (Lipinski definition) is 1. The van der Waals surface area contributed by atoms with Crippen LogP contribution in [0.1, 0.15) is 35.5 Å². The molecule has 2 aromatic heterocycles. The van der Waals surface area contributed by atoms with Gasteiger partial charge < -0.3 is 9.88 Å². The van der Waals surface area contributed by atoms with Crippen LogP contribution < -0.4 is 11.0 Å². The lowest BCUT2D eigenvalue weighted by atomic mass is 9.98. The third-order valence-corrected chi connectivity index (χ3v) is 6.63. The molecular weight excluding hydrogens is 366 g/mol. The molecule has 0 saturated heterocycles. The summed E-state index contributed by atoms with van der Waals surface area (Å²) in [5.74, 6) is 0.657. The van der Waals surface area contributed by atoms with Gasteiger partial charge in [-0.2, -0.15) is 5.10 Å². The molecule has 1 atom stereocenters. The molecule has 0 saturated carbocycles. The largest absolute Gasteiger partial charge is 0.355 e. The number of carbonyl (C=O) groups is 1. The van der Waals surface area contributed by atoms with Crippen LogP contribution in [-0.4, -0.2) is 31.4 Å². The second kappa shape index (κ2) is 6.90. The molecule has 4 heterocycles. The molecule has 7 nitrogen and oxygen atoms in total. The number of aryl methyl sites for hydroxylation is 4. The van der Waals surface area contributed by atoms with E-state index in [4.69, 9.17) is 0 Å². The summed E-state index contributed by atoms with van der Waals surface area (Å²) in [6.45, 7) is 4.32. The number of nitrogens with one attached hydrogen (secondary N) is 1. The molecule has 0 radical (unpaired) electrons. The van der Waals surface area contributed by atoms with Gasteiger partial charge in [0.05, 0.1) is 11.4 Å². The van der Waals surface area contributed by atoms with Gasteiger partial charge in [-0.1, -0.05) is 18.2 Å². The summed E-state index contributed by atoms with van der Waals surface area (Å²) in [5, 5.41) is 8.69. The van der Waals surface area contributed by atoms with Crippen molar-refractivity contribution < 1.29 is 4.79 Å². The van der Waals surface area contributed by atoms with Crippen LogP contribution in [0.3, 0.4) is 0 Å². The number of aromatic nitrogens is 4. The SMILES string of the molecule is Cc1c(CCNC(=O)[C@H]2CCc3nn(C)c(=O)n3C2)c2cccc3c2n1CCC3. The van der Waals surface area contributed by atoms with Crippen molar-refractivity contribution in [2.45, 2.75) is 52.1 Å². The molecule has 2 aliphatic heterocycles. The molecule has 5 rings (SSSR count). The summed E-state index contributed by atoms with van der Waals surface area (Å²) in [4.78, 5) is 24.9. The van der Waals surface area contributed by atoms with Gasteiger partial charge in [-0.3, -0.25) is 9.36 Å². The fourth-order valence-electron chi connectivity index (χ4n) is 5.11. The highest BCUT2D eigenvalue weighted by Gasteiger charge is 2.27. The summed E-state index contributed by atoms with van der Waals surface area (Å²) in [6.07, 6.45) is 4.58. The predicted molar refractivity (Wildman–Crippen MR) is 111 cm³/mol. The third kappa shape index (κ3) is 2.91. The highest BCUT2D eigenvalue weighted by atomic mass is 16.2. The maximum absolute atomic E-state index is 12.7. The second-order valence-corrected chi connectivity index (χ2v) is 8.34.